The number of benzene rings is 1. The van der Waals surface area contributed by atoms with Crippen molar-refractivity contribution in [2.24, 2.45) is 0 Å². The molecule has 1 amide bonds. The van der Waals surface area contributed by atoms with Crippen molar-refractivity contribution in [2.45, 2.75) is 39.8 Å². The van der Waals surface area contributed by atoms with Crippen LogP contribution in [0.4, 0.5) is 17.5 Å². The molecule has 0 unspecified atom stereocenters. The lowest BCUT2D eigenvalue weighted by atomic mass is 10.0. The molecule has 0 atom stereocenters. The van der Waals surface area contributed by atoms with E-state index in [1.807, 2.05) is 19.9 Å². The van der Waals surface area contributed by atoms with E-state index in [9.17, 15) is 9.59 Å². The minimum atomic E-state index is -0.180. The van der Waals surface area contributed by atoms with E-state index in [4.69, 9.17) is 4.98 Å². The molecule has 4 aromatic rings. The Morgan fingerprint density at radius 3 is 2.77 bits per heavy atom. The van der Waals surface area contributed by atoms with Crippen LogP contribution in [0.1, 0.15) is 37.9 Å². The van der Waals surface area contributed by atoms with Crippen molar-refractivity contribution >= 4 is 34.4 Å². The van der Waals surface area contributed by atoms with Gasteiger partial charge in [0.05, 0.1) is 5.69 Å². The summed E-state index contributed by atoms with van der Waals surface area (Å²) < 4.78 is 3.41. The quantitative estimate of drug-likeness (QED) is 0.460. The van der Waals surface area contributed by atoms with Gasteiger partial charge in [-0.05, 0) is 56.1 Å². The normalized spacial score (nSPS) is 13.2. The van der Waals surface area contributed by atoms with Gasteiger partial charge in [-0.1, -0.05) is 6.07 Å². The number of anilines is 3. The average Bonchev–Trinajstić information content (AvgIpc) is 3.15. The third kappa shape index (κ3) is 4.17. The third-order valence-electron chi connectivity index (χ3n) is 6.25. The first-order chi connectivity index (χ1) is 16.8. The number of carbonyl (C=O) groups is 1. The minimum Gasteiger partial charge on any atom is -0.324 e. The second-order valence-corrected chi connectivity index (χ2v) is 8.97. The molecular weight excluding hydrogens is 444 g/mol. The molecule has 1 aliphatic rings. The molecule has 10 heteroatoms. The van der Waals surface area contributed by atoms with Crippen molar-refractivity contribution < 1.29 is 4.79 Å². The summed E-state index contributed by atoms with van der Waals surface area (Å²) in [4.78, 5) is 40.1. The molecule has 0 aliphatic carbocycles. The Balaban J connectivity index is 1.62. The van der Waals surface area contributed by atoms with Gasteiger partial charge in [-0.25, -0.2) is 19.3 Å². The van der Waals surface area contributed by atoms with E-state index in [0.717, 1.165) is 25.2 Å². The molecule has 3 aromatic heterocycles. The molecule has 1 aromatic carbocycles. The lowest BCUT2D eigenvalue weighted by Crippen LogP contribution is -2.26. The Kier molecular flexibility index (Phi) is 5.81. The summed E-state index contributed by atoms with van der Waals surface area (Å²) in [6.07, 6.45) is 4.16. The minimum absolute atomic E-state index is 0.135. The second-order valence-electron chi connectivity index (χ2n) is 8.97. The van der Waals surface area contributed by atoms with Gasteiger partial charge in [0.25, 0.3) is 5.56 Å². The van der Waals surface area contributed by atoms with Crippen LogP contribution >= 0.6 is 0 Å². The molecule has 2 N–H and O–H groups in total. The maximum Gasteiger partial charge on any atom is 0.278 e. The van der Waals surface area contributed by atoms with Gasteiger partial charge in [-0.2, -0.15) is 4.98 Å². The standard InChI is InChI=1S/C25H28N8O2/c1-15(2)32-24(35)21-14-28-25(29-19-6-5-18-13-26-9-7-17(18)11-19)30-23(21)33(32)20-8-10-27-22(12-20)31(4)16(3)34/h5-6,8,10-12,14-15,26H,7,9,13H2,1-4H3,(H,28,29,30). The van der Waals surface area contributed by atoms with Crippen LogP contribution in [-0.2, 0) is 17.8 Å². The Labute approximate surface area is 202 Å². The molecular formula is C25H28N8O2. The van der Waals surface area contributed by atoms with Crippen molar-refractivity contribution in [2.75, 3.05) is 23.8 Å². The number of rotatable bonds is 5. The van der Waals surface area contributed by atoms with Gasteiger partial charge >= 0.3 is 0 Å². The van der Waals surface area contributed by atoms with Crippen LogP contribution in [0, 0.1) is 0 Å². The van der Waals surface area contributed by atoms with E-state index in [0.29, 0.717) is 28.5 Å². The second kappa shape index (κ2) is 8.95. The van der Waals surface area contributed by atoms with Crippen molar-refractivity contribution in [3.8, 4) is 5.69 Å². The van der Waals surface area contributed by atoms with Gasteiger partial charge in [0.2, 0.25) is 11.9 Å². The zero-order valence-electron chi connectivity index (χ0n) is 20.2. The van der Waals surface area contributed by atoms with Gasteiger partial charge in [0.15, 0.2) is 5.65 Å². The number of hydrogen-bond acceptors (Lipinski definition) is 7. The van der Waals surface area contributed by atoms with Crippen LogP contribution in [0.15, 0.2) is 47.5 Å². The first-order valence-corrected chi connectivity index (χ1v) is 11.6. The smallest absolute Gasteiger partial charge is 0.278 e. The third-order valence-corrected chi connectivity index (χ3v) is 6.25. The molecule has 5 rings (SSSR count). The Morgan fingerprint density at radius 1 is 1.17 bits per heavy atom. The van der Waals surface area contributed by atoms with Crippen molar-refractivity contribution in [3.63, 3.8) is 0 Å². The lowest BCUT2D eigenvalue weighted by molar-refractivity contribution is -0.116. The topological polar surface area (TPSA) is 110 Å². The number of aromatic nitrogens is 5. The molecule has 0 bridgehead atoms. The fraction of sp³-hybridized carbons (Fsp3) is 0.320. The predicted molar refractivity (Wildman–Crippen MR) is 136 cm³/mol. The predicted octanol–water partition coefficient (Wildman–Crippen LogP) is 2.93. The molecule has 0 spiro atoms. The van der Waals surface area contributed by atoms with Gasteiger partial charge in [0, 0.05) is 50.7 Å². The molecule has 0 radical (unpaired) electrons. The van der Waals surface area contributed by atoms with Crippen LogP contribution in [0.2, 0.25) is 0 Å². The first-order valence-electron chi connectivity index (χ1n) is 11.6. The number of hydrogen-bond donors (Lipinski definition) is 2. The van der Waals surface area contributed by atoms with Gasteiger partial charge in [-0.15, -0.1) is 0 Å². The number of amides is 1. The largest absolute Gasteiger partial charge is 0.324 e. The SMILES string of the molecule is CC(=O)N(C)c1cc(-n2c3nc(Nc4ccc5c(c4)CCNC5)ncc3c(=O)n2C(C)C)ccn1. The highest BCUT2D eigenvalue weighted by Crippen LogP contribution is 2.24. The summed E-state index contributed by atoms with van der Waals surface area (Å²) in [5.74, 6) is 0.745. The van der Waals surface area contributed by atoms with E-state index < -0.39 is 0 Å². The zero-order chi connectivity index (χ0) is 24.7. The molecule has 0 saturated heterocycles. The monoisotopic (exact) mass is 472 g/mol. The maximum atomic E-state index is 13.3. The fourth-order valence-corrected chi connectivity index (χ4v) is 4.34. The molecule has 4 heterocycles. The Bertz CT molecular complexity index is 1490. The van der Waals surface area contributed by atoms with Crippen molar-refractivity contribution in [1.82, 2.24) is 29.6 Å². The number of pyridine rings is 1. The van der Waals surface area contributed by atoms with E-state index in [1.54, 1.807) is 40.9 Å². The molecule has 35 heavy (non-hydrogen) atoms. The fourth-order valence-electron chi connectivity index (χ4n) is 4.34. The molecule has 0 saturated carbocycles. The van der Waals surface area contributed by atoms with Crippen molar-refractivity contribution in [3.05, 3.63) is 64.2 Å². The highest BCUT2D eigenvalue weighted by molar-refractivity contribution is 5.90. The highest BCUT2D eigenvalue weighted by atomic mass is 16.2. The lowest BCUT2D eigenvalue weighted by Gasteiger charge is -2.18. The number of nitrogens with one attached hydrogen (secondary N) is 2. The van der Waals surface area contributed by atoms with Crippen LogP contribution in [0.5, 0.6) is 0 Å². The summed E-state index contributed by atoms with van der Waals surface area (Å²) in [6, 6.07) is 9.68. The van der Waals surface area contributed by atoms with Crippen LogP contribution in [-0.4, -0.2) is 43.8 Å². The van der Waals surface area contributed by atoms with Crippen LogP contribution in [0.25, 0.3) is 16.7 Å². The first kappa shape index (κ1) is 22.7. The number of fused-ring (bicyclic) bond motifs is 2. The molecule has 10 nitrogen and oxygen atoms in total. The zero-order valence-corrected chi connectivity index (χ0v) is 20.2. The van der Waals surface area contributed by atoms with Gasteiger partial charge in [0.1, 0.15) is 11.2 Å². The van der Waals surface area contributed by atoms with E-state index in [2.05, 4.69) is 32.7 Å². The van der Waals surface area contributed by atoms with Crippen LogP contribution < -0.4 is 21.1 Å². The molecule has 1 aliphatic heterocycles. The summed E-state index contributed by atoms with van der Waals surface area (Å²) >= 11 is 0. The summed E-state index contributed by atoms with van der Waals surface area (Å²) in [5, 5.41) is 7.09. The molecule has 0 fully saturated rings. The van der Waals surface area contributed by atoms with Gasteiger partial charge in [-0.3, -0.25) is 9.59 Å². The highest BCUT2D eigenvalue weighted by Gasteiger charge is 2.20. The Morgan fingerprint density at radius 2 is 2.00 bits per heavy atom. The summed E-state index contributed by atoms with van der Waals surface area (Å²) in [7, 11) is 1.66. The summed E-state index contributed by atoms with van der Waals surface area (Å²) in [5.41, 5.74) is 4.47. The van der Waals surface area contributed by atoms with Crippen LogP contribution in [0.3, 0.4) is 0 Å². The van der Waals surface area contributed by atoms with Crippen molar-refractivity contribution in [1.29, 1.82) is 0 Å². The van der Waals surface area contributed by atoms with E-state index in [-0.39, 0.29) is 17.5 Å². The van der Waals surface area contributed by atoms with E-state index >= 15 is 0 Å². The average molecular weight is 473 g/mol. The van der Waals surface area contributed by atoms with E-state index in [1.165, 1.54) is 23.0 Å². The molecule has 180 valence electrons. The van der Waals surface area contributed by atoms with Gasteiger partial charge < -0.3 is 15.5 Å². The summed E-state index contributed by atoms with van der Waals surface area (Å²) in [6.45, 7) is 7.19. The maximum absolute atomic E-state index is 13.3. The number of nitrogens with zero attached hydrogens (tertiary/aromatic N) is 6. The Hall–Kier alpha value is -4.05. The number of carbonyl (C=O) groups excluding carboxylic acids is 1.